The Morgan fingerprint density at radius 3 is 2.48 bits per heavy atom. The highest BCUT2D eigenvalue weighted by Gasteiger charge is 2.07. The third-order valence-electron chi connectivity index (χ3n) is 3.64. The van der Waals surface area contributed by atoms with Gasteiger partial charge in [-0.25, -0.2) is 0 Å². The molecule has 0 aromatic heterocycles. The molecule has 0 saturated heterocycles. The van der Waals surface area contributed by atoms with Gasteiger partial charge in [0.05, 0.1) is 0 Å². The molecule has 5 heteroatoms. The van der Waals surface area contributed by atoms with E-state index in [0.29, 0.717) is 5.92 Å². The monoisotopic (exact) mass is 433 g/mol. The lowest BCUT2D eigenvalue weighted by Gasteiger charge is -2.15. The molecule has 0 heterocycles. The summed E-state index contributed by atoms with van der Waals surface area (Å²) in [4.78, 5) is 4.67. The Morgan fingerprint density at radius 2 is 1.87 bits per heavy atom. The van der Waals surface area contributed by atoms with Crippen molar-refractivity contribution in [1.82, 2.24) is 10.6 Å². The third kappa shape index (κ3) is 10.5. The van der Waals surface area contributed by atoms with Gasteiger partial charge in [0.1, 0.15) is 0 Å². The molecule has 0 amide bonds. The van der Waals surface area contributed by atoms with Crippen molar-refractivity contribution in [3.63, 3.8) is 0 Å². The quantitative estimate of drug-likeness (QED) is 0.302. The first-order chi connectivity index (χ1) is 10.8. The third-order valence-corrected chi connectivity index (χ3v) is 3.64. The topological polar surface area (TPSA) is 56.7 Å². The van der Waals surface area contributed by atoms with Crippen LogP contribution in [-0.4, -0.2) is 37.3 Å². The van der Waals surface area contributed by atoms with E-state index in [0.717, 1.165) is 51.3 Å². The summed E-state index contributed by atoms with van der Waals surface area (Å²) >= 11 is 0. The predicted molar refractivity (Wildman–Crippen MR) is 110 cm³/mol. The van der Waals surface area contributed by atoms with Gasteiger partial charge in [-0.1, -0.05) is 43.7 Å². The summed E-state index contributed by atoms with van der Waals surface area (Å²) in [6, 6.07) is 10.5. The standard InChI is InChI=1S/C18H31N3O.HI/c1-3-8-17(12-14-22)15-21-18(19-4-2)20-13-11-16-9-6-5-7-10-16;/h5-7,9-10,17,22H,3-4,8,11-15H2,1-2H3,(H2,19,20,21);1H. The summed E-state index contributed by atoms with van der Waals surface area (Å²) in [5.41, 5.74) is 1.33. The minimum Gasteiger partial charge on any atom is -0.396 e. The van der Waals surface area contributed by atoms with Crippen molar-refractivity contribution in [2.24, 2.45) is 10.9 Å². The van der Waals surface area contributed by atoms with Gasteiger partial charge in [-0.15, -0.1) is 24.0 Å². The molecule has 0 radical (unpaired) electrons. The maximum absolute atomic E-state index is 9.12. The van der Waals surface area contributed by atoms with Gasteiger partial charge in [0.15, 0.2) is 5.96 Å². The number of aliphatic hydroxyl groups is 1. The van der Waals surface area contributed by atoms with Crippen LogP contribution in [0.3, 0.4) is 0 Å². The second-order valence-electron chi connectivity index (χ2n) is 5.55. The Balaban J connectivity index is 0.00000484. The van der Waals surface area contributed by atoms with E-state index in [2.05, 4.69) is 53.7 Å². The molecule has 4 nitrogen and oxygen atoms in total. The molecule has 3 N–H and O–H groups in total. The van der Waals surface area contributed by atoms with Crippen LogP contribution in [0.25, 0.3) is 0 Å². The lowest BCUT2D eigenvalue weighted by atomic mass is 10.0. The number of nitrogens with one attached hydrogen (secondary N) is 2. The van der Waals surface area contributed by atoms with E-state index in [-0.39, 0.29) is 30.6 Å². The molecule has 23 heavy (non-hydrogen) atoms. The van der Waals surface area contributed by atoms with Crippen molar-refractivity contribution in [3.05, 3.63) is 35.9 Å². The average Bonchev–Trinajstić information content (AvgIpc) is 2.54. The molecule has 0 spiro atoms. The molecular weight excluding hydrogens is 401 g/mol. The van der Waals surface area contributed by atoms with E-state index in [9.17, 15) is 0 Å². The SMILES string of the molecule is CCCC(CCO)CN=C(NCC)NCCc1ccccc1.I. The van der Waals surface area contributed by atoms with Gasteiger partial charge in [-0.3, -0.25) is 4.99 Å². The predicted octanol–water partition coefficient (Wildman–Crippen LogP) is 3.20. The maximum atomic E-state index is 9.12. The highest BCUT2D eigenvalue weighted by atomic mass is 127. The molecule has 132 valence electrons. The van der Waals surface area contributed by atoms with Gasteiger partial charge >= 0.3 is 0 Å². The second kappa shape index (κ2) is 14.8. The van der Waals surface area contributed by atoms with Crippen LogP contribution < -0.4 is 10.6 Å². The van der Waals surface area contributed by atoms with Crippen LogP contribution >= 0.6 is 24.0 Å². The van der Waals surface area contributed by atoms with Crippen molar-refractivity contribution < 1.29 is 5.11 Å². The molecule has 1 aromatic rings. The van der Waals surface area contributed by atoms with Gasteiger partial charge in [0.25, 0.3) is 0 Å². The second-order valence-corrected chi connectivity index (χ2v) is 5.55. The van der Waals surface area contributed by atoms with Crippen molar-refractivity contribution in [3.8, 4) is 0 Å². The van der Waals surface area contributed by atoms with E-state index in [4.69, 9.17) is 5.11 Å². The smallest absolute Gasteiger partial charge is 0.191 e. The molecule has 0 aliphatic carbocycles. The largest absolute Gasteiger partial charge is 0.396 e. The van der Waals surface area contributed by atoms with Crippen LogP contribution in [0.2, 0.25) is 0 Å². The number of hydrogen-bond donors (Lipinski definition) is 3. The summed E-state index contributed by atoms with van der Waals surface area (Å²) in [5, 5.41) is 15.8. The zero-order valence-electron chi connectivity index (χ0n) is 14.4. The number of halogens is 1. The van der Waals surface area contributed by atoms with Gasteiger partial charge in [0.2, 0.25) is 0 Å². The minimum atomic E-state index is 0. The van der Waals surface area contributed by atoms with E-state index in [1.165, 1.54) is 5.56 Å². The first kappa shape index (κ1) is 22.2. The Morgan fingerprint density at radius 1 is 1.13 bits per heavy atom. The number of rotatable bonds is 10. The van der Waals surface area contributed by atoms with Crippen LogP contribution in [0.4, 0.5) is 0 Å². The summed E-state index contributed by atoms with van der Waals surface area (Å²) < 4.78 is 0. The molecule has 1 rings (SSSR count). The van der Waals surface area contributed by atoms with Gasteiger partial charge in [-0.2, -0.15) is 0 Å². The van der Waals surface area contributed by atoms with Crippen LogP contribution in [0.1, 0.15) is 38.7 Å². The fourth-order valence-corrected chi connectivity index (χ4v) is 2.45. The first-order valence-electron chi connectivity index (χ1n) is 8.47. The number of aliphatic imine (C=N–C) groups is 1. The zero-order chi connectivity index (χ0) is 16.0. The molecule has 0 fully saturated rings. The first-order valence-corrected chi connectivity index (χ1v) is 8.47. The van der Waals surface area contributed by atoms with E-state index >= 15 is 0 Å². The van der Waals surface area contributed by atoms with E-state index in [1.807, 2.05) is 6.07 Å². The number of hydrogen-bond acceptors (Lipinski definition) is 2. The fraction of sp³-hybridized carbons (Fsp3) is 0.611. The molecule has 1 aromatic carbocycles. The maximum Gasteiger partial charge on any atom is 0.191 e. The van der Waals surface area contributed by atoms with Gasteiger partial charge in [-0.05, 0) is 37.7 Å². The summed E-state index contributed by atoms with van der Waals surface area (Å²) in [7, 11) is 0. The zero-order valence-corrected chi connectivity index (χ0v) is 16.8. The lowest BCUT2D eigenvalue weighted by molar-refractivity contribution is 0.253. The molecule has 0 bridgehead atoms. The Hall–Kier alpha value is -0.820. The summed E-state index contributed by atoms with van der Waals surface area (Å²) in [6.45, 7) is 7.00. The molecule has 0 saturated carbocycles. The van der Waals surface area contributed by atoms with Crippen LogP contribution in [0.15, 0.2) is 35.3 Å². The lowest BCUT2D eigenvalue weighted by Crippen LogP contribution is -2.38. The highest BCUT2D eigenvalue weighted by molar-refractivity contribution is 14.0. The van der Waals surface area contributed by atoms with Crippen LogP contribution in [0.5, 0.6) is 0 Å². The van der Waals surface area contributed by atoms with Gasteiger partial charge in [0, 0.05) is 26.2 Å². The van der Waals surface area contributed by atoms with Crippen molar-refractivity contribution >= 4 is 29.9 Å². The fourth-order valence-electron chi connectivity index (χ4n) is 2.45. The van der Waals surface area contributed by atoms with Crippen molar-refractivity contribution in [2.75, 3.05) is 26.2 Å². The summed E-state index contributed by atoms with van der Waals surface area (Å²) in [5.74, 6) is 1.34. The molecule has 1 unspecified atom stereocenters. The van der Waals surface area contributed by atoms with Crippen LogP contribution in [0, 0.1) is 5.92 Å². The van der Waals surface area contributed by atoms with Crippen LogP contribution in [-0.2, 0) is 6.42 Å². The van der Waals surface area contributed by atoms with Gasteiger partial charge < -0.3 is 15.7 Å². The highest BCUT2D eigenvalue weighted by Crippen LogP contribution is 2.10. The van der Waals surface area contributed by atoms with Crippen molar-refractivity contribution in [2.45, 2.75) is 39.5 Å². The Labute approximate surface area is 158 Å². The Bertz CT molecular complexity index is 406. The molecular formula is C18H32IN3O. The molecule has 0 aliphatic rings. The van der Waals surface area contributed by atoms with Crippen molar-refractivity contribution in [1.29, 1.82) is 0 Å². The normalized spacial score (nSPS) is 12.4. The minimum absolute atomic E-state index is 0. The molecule has 0 aliphatic heterocycles. The van der Waals surface area contributed by atoms with E-state index < -0.39 is 0 Å². The summed E-state index contributed by atoms with van der Waals surface area (Å²) in [6.07, 6.45) is 4.08. The number of guanidine groups is 1. The number of nitrogens with zero attached hydrogens (tertiary/aromatic N) is 1. The van der Waals surface area contributed by atoms with E-state index in [1.54, 1.807) is 0 Å². The molecule has 1 atom stereocenters. The average molecular weight is 433 g/mol. The number of benzene rings is 1. The number of aliphatic hydroxyl groups excluding tert-OH is 1. The Kier molecular flexibility index (Phi) is 14.2.